The highest BCUT2D eigenvalue weighted by atomic mass is 16.4. The zero-order valence-electron chi connectivity index (χ0n) is 8.64. The van der Waals surface area contributed by atoms with Crippen molar-refractivity contribution in [3.63, 3.8) is 0 Å². The molecule has 5 heteroatoms. The molecule has 2 N–H and O–H groups in total. The van der Waals surface area contributed by atoms with E-state index in [1.54, 1.807) is 24.3 Å². The first-order valence-electron chi connectivity index (χ1n) is 5.04. The van der Waals surface area contributed by atoms with Crippen molar-refractivity contribution in [1.29, 1.82) is 0 Å². The number of hydrogen-bond acceptors (Lipinski definition) is 3. The molecule has 1 saturated heterocycles. The number of hydrogen-bond donors (Lipinski definition) is 2. The topological polar surface area (TPSA) is 69.6 Å². The predicted molar refractivity (Wildman–Crippen MR) is 57.9 cm³/mol. The second-order valence-corrected chi connectivity index (χ2v) is 3.59. The number of hydrazine groups is 1. The van der Waals surface area contributed by atoms with Crippen LogP contribution >= 0.6 is 0 Å². The molecule has 1 aliphatic rings. The number of amides is 1. The van der Waals surface area contributed by atoms with Gasteiger partial charge in [-0.1, -0.05) is 18.2 Å². The standard InChI is InChI=1S/C11H12N2O3/c14-10-5-6-12-13(10)9-4-2-1-3-8(9)7-11(15)16/h1-4,12H,5-7H2,(H,15,16). The molecule has 84 valence electrons. The Hall–Kier alpha value is -1.88. The molecule has 0 unspecified atom stereocenters. The van der Waals surface area contributed by atoms with Gasteiger partial charge in [-0.15, -0.1) is 0 Å². The van der Waals surface area contributed by atoms with Gasteiger partial charge in [-0.2, -0.15) is 0 Å². The van der Waals surface area contributed by atoms with Crippen LogP contribution in [-0.2, 0) is 16.0 Å². The molecule has 1 aromatic carbocycles. The predicted octanol–water partition coefficient (Wildman–Crippen LogP) is 0.555. The summed E-state index contributed by atoms with van der Waals surface area (Å²) < 4.78 is 0. The SMILES string of the molecule is O=C(O)Cc1ccccc1N1NCCC1=O. The molecule has 2 rings (SSSR count). The fourth-order valence-electron chi connectivity index (χ4n) is 1.74. The maximum atomic E-state index is 11.5. The summed E-state index contributed by atoms with van der Waals surface area (Å²) in [7, 11) is 0. The van der Waals surface area contributed by atoms with Crippen molar-refractivity contribution in [2.75, 3.05) is 11.6 Å². The first-order chi connectivity index (χ1) is 7.68. The molecule has 1 amide bonds. The first-order valence-corrected chi connectivity index (χ1v) is 5.04. The van der Waals surface area contributed by atoms with Crippen LogP contribution < -0.4 is 10.4 Å². The zero-order chi connectivity index (χ0) is 11.5. The van der Waals surface area contributed by atoms with Crippen LogP contribution in [0.2, 0.25) is 0 Å². The lowest BCUT2D eigenvalue weighted by atomic mass is 10.1. The number of carbonyl (C=O) groups is 2. The van der Waals surface area contributed by atoms with E-state index in [2.05, 4.69) is 5.43 Å². The van der Waals surface area contributed by atoms with E-state index in [9.17, 15) is 9.59 Å². The summed E-state index contributed by atoms with van der Waals surface area (Å²) in [6, 6.07) is 7.02. The van der Waals surface area contributed by atoms with E-state index in [1.165, 1.54) is 5.01 Å². The second kappa shape index (κ2) is 4.32. The molecule has 1 aromatic rings. The molecule has 0 aromatic heterocycles. The molecule has 1 heterocycles. The molecule has 5 nitrogen and oxygen atoms in total. The van der Waals surface area contributed by atoms with E-state index in [1.807, 2.05) is 0 Å². The molecule has 0 atom stereocenters. The Balaban J connectivity index is 2.32. The highest BCUT2D eigenvalue weighted by molar-refractivity contribution is 5.95. The summed E-state index contributed by atoms with van der Waals surface area (Å²) in [4.78, 5) is 22.2. The summed E-state index contributed by atoms with van der Waals surface area (Å²) >= 11 is 0. The van der Waals surface area contributed by atoms with Gasteiger partial charge in [0.15, 0.2) is 0 Å². The van der Waals surface area contributed by atoms with Gasteiger partial charge in [0.05, 0.1) is 12.1 Å². The maximum Gasteiger partial charge on any atom is 0.307 e. The van der Waals surface area contributed by atoms with Gasteiger partial charge in [0.2, 0.25) is 5.91 Å². The van der Waals surface area contributed by atoms with Crippen LogP contribution in [0.1, 0.15) is 12.0 Å². The van der Waals surface area contributed by atoms with Gasteiger partial charge in [-0.3, -0.25) is 9.59 Å². The Morgan fingerprint density at radius 1 is 1.44 bits per heavy atom. The van der Waals surface area contributed by atoms with Crippen molar-refractivity contribution in [2.45, 2.75) is 12.8 Å². The van der Waals surface area contributed by atoms with Crippen molar-refractivity contribution in [3.8, 4) is 0 Å². The van der Waals surface area contributed by atoms with Crippen LogP contribution in [-0.4, -0.2) is 23.5 Å². The Bertz CT molecular complexity index is 431. The van der Waals surface area contributed by atoms with Crippen LogP contribution in [0.5, 0.6) is 0 Å². The molecule has 1 aliphatic heterocycles. The van der Waals surface area contributed by atoms with Crippen LogP contribution in [0, 0.1) is 0 Å². The monoisotopic (exact) mass is 220 g/mol. The Morgan fingerprint density at radius 2 is 2.19 bits per heavy atom. The van der Waals surface area contributed by atoms with Crippen molar-refractivity contribution in [2.24, 2.45) is 0 Å². The fourth-order valence-corrected chi connectivity index (χ4v) is 1.74. The number of carboxylic acid groups (broad SMARTS) is 1. The molecule has 0 saturated carbocycles. The smallest absolute Gasteiger partial charge is 0.307 e. The lowest BCUT2D eigenvalue weighted by Crippen LogP contribution is -2.35. The fraction of sp³-hybridized carbons (Fsp3) is 0.273. The minimum atomic E-state index is -0.904. The van der Waals surface area contributed by atoms with Crippen LogP contribution in [0.15, 0.2) is 24.3 Å². The number of nitrogens with one attached hydrogen (secondary N) is 1. The van der Waals surface area contributed by atoms with Crippen LogP contribution in [0.25, 0.3) is 0 Å². The van der Waals surface area contributed by atoms with Gasteiger partial charge < -0.3 is 5.11 Å². The number of nitrogens with zero attached hydrogens (tertiary/aromatic N) is 1. The van der Waals surface area contributed by atoms with Gasteiger partial charge in [-0.05, 0) is 11.6 Å². The van der Waals surface area contributed by atoms with Crippen molar-refractivity contribution in [3.05, 3.63) is 29.8 Å². The van der Waals surface area contributed by atoms with Crippen molar-refractivity contribution < 1.29 is 14.7 Å². The third-order valence-electron chi connectivity index (χ3n) is 2.43. The summed E-state index contributed by atoms with van der Waals surface area (Å²) in [5.74, 6) is -0.933. The molecular weight excluding hydrogens is 208 g/mol. The molecule has 0 spiro atoms. The zero-order valence-corrected chi connectivity index (χ0v) is 8.64. The first kappa shape index (κ1) is 10.6. The number of carboxylic acids is 1. The minimum Gasteiger partial charge on any atom is -0.481 e. The Labute approximate surface area is 92.6 Å². The van der Waals surface area contributed by atoms with E-state index >= 15 is 0 Å². The van der Waals surface area contributed by atoms with Gasteiger partial charge in [0, 0.05) is 13.0 Å². The molecular formula is C11H12N2O3. The lowest BCUT2D eigenvalue weighted by Gasteiger charge is -2.18. The second-order valence-electron chi connectivity index (χ2n) is 3.59. The Kier molecular flexibility index (Phi) is 2.87. The summed E-state index contributed by atoms with van der Waals surface area (Å²) in [5, 5.41) is 10.2. The van der Waals surface area contributed by atoms with Crippen LogP contribution in [0.3, 0.4) is 0 Å². The highest BCUT2D eigenvalue weighted by Crippen LogP contribution is 2.22. The molecule has 0 bridgehead atoms. The number of benzene rings is 1. The molecule has 0 aliphatic carbocycles. The number of para-hydroxylation sites is 1. The highest BCUT2D eigenvalue weighted by Gasteiger charge is 2.23. The van der Waals surface area contributed by atoms with E-state index < -0.39 is 5.97 Å². The van der Waals surface area contributed by atoms with Gasteiger partial charge in [-0.25, -0.2) is 10.4 Å². The Morgan fingerprint density at radius 3 is 2.81 bits per heavy atom. The third kappa shape index (κ3) is 2.04. The van der Waals surface area contributed by atoms with Gasteiger partial charge in [0.25, 0.3) is 0 Å². The lowest BCUT2D eigenvalue weighted by molar-refractivity contribution is -0.136. The third-order valence-corrected chi connectivity index (χ3v) is 2.43. The van der Waals surface area contributed by atoms with Crippen molar-refractivity contribution >= 4 is 17.6 Å². The van der Waals surface area contributed by atoms with E-state index in [-0.39, 0.29) is 12.3 Å². The number of aliphatic carboxylic acids is 1. The number of rotatable bonds is 3. The molecule has 16 heavy (non-hydrogen) atoms. The van der Waals surface area contributed by atoms with E-state index in [0.29, 0.717) is 24.2 Å². The molecule has 1 fully saturated rings. The average Bonchev–Trinajstić information content (AvgIpc) is 2.64. The number of anilines is 1. The van der Waals surface area contributed by atoms with Crippen LogP contribution in [0.4, 0.5) is 5.69 Å². The summed E-state index contributed by atoms with van der Waals surface area (Å²) in [6.45, 7) is 0.597. The van der Waals surface area contributed by atoms with Gasteiger partial charge in [0.1, 0.15) is 0 Å². The quantitative estimate of drug-likeness (QED) is 0.780. The van der Waals surface area contributed by atoms with E-state index in [0.717, 1.165) is 0 Å². The molecule has 0 radical (unpaired) electrons. The minimum absolute atomic E-state index is 0.0298. The summed E-state index contributed by atoms with van der Waals surface area (Å²) in [6.07, 6.45) is 0.364. The van der Waals surface area contributed by atoms with Gasteiger partial charge >= 0.3 is 5.97 Å². The summed E-state index contributed by atoms with van der Waals surface area (Å²) in [5.41, 5.74) is 4.20. The average molecular weight is 220 g/mol. The normalized spacial score (nSPS) is 15.5. The maximum absolute atomic E-state index is 11.5. The number of carbonyl (C=O) groups excluding carboxylic acids is 1. The van der Waals surface area contributed by atoms with Crippen molar-refractivity contribution in [1.82, 2.24) is 5.43 Å². The van der Waals surface area contributed by atoms with E-state index in [4.69, 9.17) is 5.11 Å². The largest absolute Gasteiger partial charge is 0.481 e.